The molecule has 172 valence electrons. The zero-order valence-electron chi connectivity index (χ0n) is 19.2. The van der Waals surface area contributed by atoms with Crippen molar-refractivity contribution in [2.24, 2.45) is 0 Å². The zero-order valence-corrected chi connectivity index (χ0v) is 27.2. The zero-order chi connectivity index (χ0) is 23.9. The summed E-state index contributed by atoms with van der Waals surface area (Å²) in [5, 5.41) is 0. The van der Waals surface area contributed by atoms with Crippen molar-refractivity contribution in [1.82, 2.24) is 28.0 Å². The molecule has 0 saturated heterocycles. The molecule has 0 amide bonds. The minimum atomic E-state index is -1.69. The van der Waals surface area contributed by atoms with Gasteiger partial charge in [-0.1, -0.05) is 14.7 Å². The van der Waals surface area contributed by atoms with E-state index in [4.69, 9.17) is 49.8 Å². The Morgan fingerprint density at radius 3 is 0.500 bits per heavy atom. The van der Waals surface area contributed by atoms with Gasteiger partial charge in [0.2, 0.25) is 0 Å². The van der Waals surface area contributed by atoms with Crippen LogP contribution in [-0.2, 0) is 34.1 Å². The van der Waals surface area contributed by atoms with E-state index >= 15 is 0 Å². The molecule has 0 aliphatic rings. The quantitative estimate of drug-likeness (QED) is 0.261. The third kappa shape index (κ3) is 14.9. The molecule has 0 aromatic heterocycles. The van der Waals surface area contributed by atoms with Crippen LogP contribution in [0.15, 0.2) is 0 Å². The fourth-order valence-corrected chi connectivity index (χ4v) is 6.44. The van der Waals surface area contributed by atoms with Gasteiger partial charge < -0.3 is 12.6 Å². The number of halogens is 4. The van der Waals surface area contributed by atoms with Gasteiger partial charge in [-0.25, -0.2) is 0 Å². The van der Waals surface area contributed by atoms with Crippen molar-refractivity contribution in [2.75, 3.05) is 84.6 Å². The fourth-order valence-electron chi connectivity index (χ4n) is 2.15. The molecule has 0 saturated carbocycles. The molecule has 0 aliphatic carbocycles. The average molecular weight is 590 g/mol. The van der Waals surface area contributed by atoms with Crippen molar-refractivity contribution in [2.45, 2.75) is 0 Å². The van der Waals surface area contributed by atoms with Gasteiger partial charge in [-0.15, -0.1) is 0 Å². The van der Waals surface area contributed by atoms with E-state index in [2.05, 4.69) is 28.0 Å². The molecule has 0 heterocycles. The third-order valence-corrected chi connectivity index (χ3v) is 10.6. The summed E-state index contributed by atoms with van der Waals surface area (Å²) in [6.07, 6.45) is 12.4. The van der Waals surface area contributed by atoms with Crippen molar-refractivity contribution in [3.63, 3.8) is 0 Å². The molecule has 0 aromatic rings. The Balaban J connectivity index is -0.000000160. The maximum absolute atomic E-state index is 6.22. The van der Waals surface area contributed by atoms with Crippen LogP contribution >= 0.6 is 51.9 Å². The second kappa shape index (κ2) is 20.5. The van der Waals surface area contributed by atoms with Gasteiger partial charge in [0.15, 0.2) is 0 Å². The number of rotatable bonds is 6. The molecule has 0 atom stereocenters. The third-order valence-electron chi connectivity index (χ3n) is 3.53. The molecule has 0 aromatic carbocycles. The van der Waals surface area contributed by atoms with Crippen LogP contribution in [-0.4, -0.2) is 125 Å². The Labute approximate surface area is 209 Å². The van der Waals surface area contributed by atoms with Gasteiger partial charge >= 0.3 is 71.3 Å². The first-order valence-electron chi connectivity index (χ1n) is 7.84. The van der Waals surface area contributed by atoms with E-state index < -0.39 is 48.7 Å². The summed E-state index contributed by atoms with van der Waals surface area (Å²) in [4.78, 5) is 0. The summed E-state index contributed by atoms with van der Waals surface area (Å²) in [5.41, 5.74) is 0. The van der Waals surface area contributed by atoms with Gasteiger partial charge in [-0.3, -0.25) is 28.0 Å². The van der Waals surface area contributed by atoms with Crippen molar-refractivity contribution >= 4 is 64.5 Å². The number of hydrogen-bond donors (Lipinski definition) is 0. The normalized spacial score (nSPS) is 11.6. The van der Waals surface area contributed by atoms with Gasteiger partial charge in [-0.2, -0.15) is 0 Å². The molecule has 28 heavy (non-hydrogen) atoms. The van der Waals surface area contributed by atoms with E-state index in [1.165, 1.54) is 0 Å². The van der Waals surface area contributed by atoms with E-state index in [1.807, 2.05) is 84.6 Å². The van der Waals surface area contributed by atoms with Crippen LogP contribution < -0.4 is 0 Å². The van der Waals surface area contributed by atoms with E-state index in [-0.39, 0.29) is 0 Å². The van der Waals surface area contributed by atoms with Gasteiger partial charge in [0.1, 0.15) is 0 Å². The van der Waals surface area contributed by atoms with E-state index in [1.54, 1.807) is 0 Å². The molecular weight excluding hydrogens is 552 g/mol. The average Bonchev–Trinajstić information content (AvgIpc) is 2.53. The summed E-state index contributed by atoms with van der Waals surface area (Å²) in [6.45, 7) is 0. The fraction of sp³-hybridized carbons (Fsp3) is 0.857. The SMILES string of the molecule is [CH-]=P(N(C)C)(N(C)C)N(C)C.[CH-]=P(N(C)C)(N(C)C)N(C)C.[Cl][Ti][Cl].[Cl][Ti][Cl]. The van der Waals surface area contributed by atoms with E-state index in [0.717, 1.165) is 0 Å². The summed E-state index contributed by atoms with van der Waals surface area (Å²) in [6, 6.07) is 0. The van der Waals surface area contributed by atoms with Gasteiger partial charge in [0, 0.05) is 0 Å². The minimum absolute atomic E-state index is 0.556. The first kappa shape index (κ1) is 38.2. The summed E-state index contributed by atoms with van der Waals surface area (Å²) in [5.74, 6) is 0. The van der Waals surface area contributed by atoms with Crippen LogP contribution in [0.2, 0.25) is 0 Å². The van der Waals surface area contributed by atoms with Crippen LogP contribution in [0, 0.1) is 0 Å². The van der Waals surface area contributed by atoms with Crippen molar-refractivity contribution < 1.29 is 34.1 Å². The predicted molar refractivity (Wildman–Crippen MR) is 132 cm³/mol. The topological polar surface area (TPSA) is 19.4 Å². The number of hydrogen-bond acceptors (Lipinski definition) is 6. The standard InChI is InChI=1S/2C7H19N3P.4ClH.2Ti/c2*1-8(2)11(7,9(3)4)10(5)6;;;;;;/h2*7H,1-6H3;4*1H;;/q2*-1;;;;;2*+2/p-4. The molecule has 0 radical (unpaired) electrons. The van der Waals surface area contributed by atoms with Crippen LogP contribution in [0.25, 0.3) is 0 Å². The van der Waals surface area contributed by atoms with Crippen molar-refractivity contribution in [3.05, 3.63) is 0 Å². The van der Waals surface area contributed by atoms with Crippen LogP contribution in [0.4, 0.5) is 0 Å². The molecular formula is C14H38Cl4N6P2Ti2-2. The predicted octanol–water partition coefficient (Wildman–Crippen LogP) is 4.24. The molecule has 0 bridgehead atoms. The maximum atomic E-state index is 6.22. The Kier molecular flexibility index (Phi) is 28.1. The Bertz CT molecular complexity index is 358. The number of nitrogens with zero attached hydrogens (tertiary/aromatic N) is 6. The van der Waals surface area contributed by atoms with Crippen LogP contribution in [0.5, 0.6) is 0 Å². The summed E-state index contributed by atoms with van der Waals surface area (Å²) >= 11 is -1.11. The molecule has 0 unspecified atom stereocenters. The molecule has 0 rings (SSSR count). The second-order valence-electron chi connectivity index (χ2n) is 6.46. The van der Waals surface area contributed by atoms with Gasteiger partial charge in [0.05, 0.1) is 0 Å². The monoisotopic (exact) mass is 588 g/mol. The van der Waals surface area contributed by atoms with E-state index in [0.29, 0.717) is 0 Å². The van der Waals surface area contributed by atoms with Crippen molar-refractivity contribution in [1.29, 1.82) is 0 Å². The van der Waals surface area contributed by atoms with Crippen LogP contribution in [0.1, 0.15) is 0 Å². The van der Waals surface area contributed by atoms with E-state index in [9.17, 15) is 0 Å². The Morgan fingerprint density at radius 2 is 0.500 bits per heavy atom. The molecule has 0 aliphatic heterocycles. The second-order valence-corrected chi connectivity index (χ2v) is 18.9. The molecule has 0 N–H and O–H groups in total. The van der Waals surface area contributed by atoms with Crippen molar-refractivity contribution in [3.8, 4) is 0 Å². The Hall–Kier alpha value is 2.95. The first-order chi connectivity index (χ1) is 12.5. The summed E-state index contributed by atoms with van der Waals surface area (Å²) in [7, 11) is 40.3. The van der Waals surface area contributed by atoms with Gasteiger partial charge in [0.25, 0.3) is 0 Å². The molecule has 0 fully saturated rings. The van der Waals surface area contributed by atoms with Crippen LogP contribution in [0.3, 0.4) is 0 Å². The first-order valence-corrected chi connectivity index (χ1v) is 19.9. The van der Waals surface area contributed by atoms with Gasteiger partial charge in [-0.05, 0) is 84.6 Å². The molecule has 6 nitrogen and oxygen atoms in total. The Morgan fingerprint density at radius 1 is 0.429 bits per heavy atom. The summed E-state index contributed by atoms with van der Waals surface area (Å²) < 4.78 is 12.5. The molecule has 0 spiro atoms. The molecule has 14 heteroatoms.